The number of nitrogens with zero attached hydrogens (tertiary/aromatic N) is 2. The molecule has 104 valence electrons. The molecular weight excluding hydrogens is 234 g/mol. The van der Waals surface area contributed by atoms with Crippen LogP contribution in [0.5, 0.6) is 0 Å². The molecule has 0 aromatic carbocycles. The Morgan fingerprint density at radius 3 is 2.42 bits per heavy atom. The van der Waals surface area contributed by atoms with Gasteiger partial charge in [-0.3, -0.25) is 0 Å². The van der Waals surface area contributed by atoms with Gasteiger partial charge in [-0.15, -0.1) is 0 Å². The van der Waals surface area contributed by atoms with E-state index in [9.17, 15) is 5.26 Å². The first-order valence-corrected chi connectivity index (χ1v) is 7.48. The fourth-order valence-electron chi connectivity index (χ4n) is 3.67. The summed E-state index contributed by atoms with van der Waals surface area (Å²) >= 11 is 0. The summed E-state index contributed by atoms with van der Waals surface area (Å²) < 4.78 is 2.24. The van der Waals surface area contributed by atoms with Crippen LogP contribution in [0.2, 0.25) is 0 Å². The molecule has 1 aromatic rings. The zero-order chi connectivity index (χ0) is 14.0. The van der Waals surface area contributed by atoms with Gasteiger partial charge in [0.05, 0.1) is 5.56 Å². The van der Waals surface area contributed by atoms with Gasteiger partial charge in [0.2, 0.25) is 0 Å². The van der Waals surface area contributed by atoms with Crippen LogP contribution in [0.1, 0.15) is 68.3 Å². The highest BCUT2D eigenvalue weighted by molar-refractivity contribution is 5.58. The number of anilines is 1. The van der Waals surface area contributed by atoms with E-state index in [1.807, 2.05) is 6.92 Å². The lowest BCUT2D eigenvalue weighted by Gasteiger charge is -2.32. The van der Waals surface area contributed by atoms with Crippen LogP contribution in [0.25, 0.3) is 0 Å². The van der Waals surface area contributed by atoms with Crippen molar-refractivity contribution in [2.45, 2.75) is 65.3 Å². The van der Waals surface area contributed by atoms with Gasteiger partial charge < -0.3 is 10.3 Å². The van der Waals surface area contributed by atoms with Crippen molar-refractivity contribution in [3.63, 3.8) is 0 Å². The molecule has 0 bridgehead atoms. The lowest BCUT2D eigenvalue weighted by molar-refractivity contribution is 0.243. The van der Waals surface area contributed by atoms with Gasteiger partial charge in [0, 0.05) is 11.7 Å². The van der Waals surface area contributed by atoms with Gasteiger partial charge in [-0.1, -0.05) is 26.2 Å². The van der Waals surface area contributed by atoms with Crippen LogP contribution in [-0.4, -0.2) is 4.57 Å². The summed E-state index contributed by atoms with van der Waals surface area (Å²) in [6.45, 7) is 6.34. The molecule has 0 saturated heterocycles. The molecule has 1 fully saturated rings. The Morgan fingerprint density at radius 2 is 1.95 bits per heavy atom. The zero-order valence-electron chi connectivity index (χ0n) is 12.4. The zero-order valence-corrected chi connectivity index (χ0v) is 12.4. The molecule has 19 heavy (non-hydrogen) atoms. The predicted octanol–water partition coefficient (Wildman–Crippen LogP) is 4.09. The third kappa shape index (κ3) is 2.36. The maximum Gasteiger partial charge on any atom is 0.122 e. The average molecular weight is 259 g/mol. The molecule has 1 aromatic heterocycles. The van der Waals surface area contributed by atoms with E-state index in [-0.39, 0.29) is 0 Å². The number of hydrogen-bond donors (Lipinski definition) is 1. The lowest BCUT2D eigenvalue weighted by atomic mass is 9.82. The molecule has 0 radical (unpaired) electrons. The van der Waals surface area contributed by atoms with E-state index in [0.717, 1.165) is 17.9 Å². The molecular formula is C16H25N3. The quantitative estimate of drug-likeness (QED) is 0.888. The van der Waals surface area contributed by atoms with E-state index in [4.69, 9.17) is 5.73 Å². The van der Waals surface area contributed by atoms with Crippen molar-refractivity contribution in [1.82, 2.24) is 4.57 Å². The fraction of sp³-hybridized carbons (Fsp3) is 0.688. The second-order valence-electron chi connectivity index (χ2n) is 5.83. The van der Waals surface area contributed by atoms with Crippen LogP contribution in [0.4, 0.5) is 5.82 Å². The van der Waals surface area contributed by atoms with Gasteiger partial charge in [0.15, 0.2) is 0 Å². The van der Waals surface area contributed by atoms with Gasteiger partial charge in [0.1, 0.15) is 11.9 Å². The first-order chi connectivity index (χ1) is 9.11. The van der Waals surface area contributed by atoms with E-state index in [0.29, 0.717) is 17.4 Å². The Morgan fingerprint density at radius 1 is 1.32 bits per heavy atom. The summed E-state index contributed by atoms with van der Waals surface area (Å²) in [7, 11) is 0. The monoisotopic (exact) mass is 259 g/mol. The molecule has 2 rings (SSSR count). The summed E-state index contributed by atoms with van der Waals surface area (Å²) in [5.41, 5.74) is 9.13. The van der Waals surface area contributed by atoms with E-state index in [2.05, 4.69) is 24.5 Å². The van der Waals surface area contributed by atoms with Gasteiger partial charge >= 0.3 is 0 Å². The van der Waals surface area contributed by atoms with Crippen molar-refractivity contribution in [3.05, 3.63) is 16.8 Å². The summed E-state index contributed by atoms with van der Waals surface area (Å²) in [5.74, 6) is 1.40. The maximum absolute atomic E-state index is 9.26. The first-order valence-electron chi connectivity index (χ1n) is 7.48. The smallest absolute Gasteiger partial charge is 0.122 e. The van der Waals surface area contributed by atoms with Crippen LogP contribution in [-0.2, 0) is 0 Å². The van der Waals surface area contributed by atoms with Gasteiger partial charge in [-0.25, -0.2) is 0 Å². The van der Waals surface area contributed by atoms with E-state index >= 15 is 0 Å². The predicted molar refractivity (Wildman–Crippen MR) is 78.9 cm³/mol. The highest BCUT2D eigenvalue weighted by Crippen LogP contribution is 2.39. The lowest BCUT2D eigenvalue weighted by Crippen LogP contribution is -2.23. The van der Waals surface area contributed by atoms with Crippen LogP contribution in [0.15, 0.2) is 0 Å². The minimum absolute atomic E-state index is 0.459. The summed E-state index contributed by atoms with van der Waals surface area (Å²) in [6, 6.07) is 2.72. The summed E-state index contributed by atoms with van der Waals surface area (Å²) in [5, 5.41) is 9.26. The summed E-state index contributed by atoms with van der Waals surface area (Å²) in [4.78, 5) is 0. The van der Waals surface area contributed by atoms with E-state index in [1.54, 1.807) is 0 Å². The molecule has 1 aliphatic rings. The number of nitrogens with two attached hydrogens (primary N) is 1. The van der Waals surface area contributed by atoms with Crippen molar-refractivity contribution < 1.29 is 0 Å². The molecule has 0 aliphatic heterocycles. The third-order valence-corrected chi connectivity index (χ3v) is 4.85. The first kappa shape index (κ1) is 14.0. The molecule has 2 N–H and O–H groups in total. The second-order valence-corrected chi connectivity index (χ2v) is 5.83. The number of aromatic nitrogens is 1. The Kier molecular flexibility index (Phi) is 4.19. The van der Waals surface area contributed by atoms with Gasteiger partial charge in [0.25, 0.3) is 0 Å². The van der Waals surface area contributed by atoms with Gasteiger partial charge in [-0.2, -0.15) is 5.26 Å². The molecule has 1 aliphatic carbocycles. The van der Waals surface area contributed by atoms with Crippen molar-refractivity contribution in [3.8, 4) is 6.07 Å². The third-order valence-electron chi connectivity index (χ3n) is 4.85. The summed E-state index contributed by atoms with van der Waals surface area (Å²) in [6.07, 6.45) is 7.74. The molecule has 3 nitrogen and oxygen atoms in total. The van der Waals surface area contributed by atoms with Crippen molar-refractivity contribution in [2.75, 3.05) is 5.73 Å². The minimum atomic E-state index is 0.459. The normalized spacial score (nSPS) is 18.2. The van der Waals surface area contributed by atoms with Crippen LogP contribution in [0.3, 0.4) is 0 Å². The molecule has 1 saturated carbocycles. The number of nitrogen functional groups attached to an aromatic ring is 1. The topological polar surface area (TPSA) is 54.7 Å². The van der Waals surface area contributed by atoms with Gasteiger partial charge in [-0.05, 0) is 44.6 Å². The largest absolute Gasteiger partial charge is 0.384 e. The van der Waals surface area contributed by atoms with E-state index < -0.39 is 0 Å². The Hall–Kier alpha value is -1.43. The maximum atomic E-state index is 9.26. The van der Waals surface area contributed by atoms with Crippen molar-refractivity contribution >= 4 is 5.82 Å². The van der Waals surface area contributed by atoms with E-state index in [1.165, 1.54) is 37.8 Å². The highest BCUT2D eigenvalue weighted by atomic mass is 15.1. The fourth-order valence-corrected chi connectivity index (χ4v) is 3.67. The second kappa shape index (κ2) is 5.69. The Bertz CT molecular complexity index is 487. The Balaban J connectivity index is 2.41. The molecule has 1 unspecified atom stereocenters. The van der Waals surface area contributed by atoms with Crippen molar-refractivity contribution in [1.29, 1.82) is 5.26 Å². The molecule has 0 amide bonds. The minimum Gasteiger partial charge on any atom is -0.384 e. The molecule has 1 atom stereocenters. The number of nitriles is 1. The standard InChI is InChI=1S/C16H25N3/c1-4-15(13-8-6-5-7-9-13)19-12(3)11(2)14(10-17)16(19)18/h13,15H,4-9,18H2,1-3H3. The number of rotatable bonds is 3. The highest BCUT2D eigenvalue weighted by Gasteiger charge is 2.28. The molecule has 3 heteroatoms. The average Bonchev–Trinajstić information content (AvgIpc) is 2.64. The Labute approximate surface area is 116 Å². The SMILES string of the molecule is CCC(C1CCCCC1)n1c(C)c(C)c(C#N)c1N. The number of hydrogen-bond acceptors (Lipinski definition) is 2. The van der Waals surface area contributed by atoms with Crippen LogP contribution < -0.4 is 5.73 Å². The molecule has 0 spiro atoms. The molecule has 1 heterocycles. The van der Waals surface area contributed by atoms with Crippen molar-refractivity contribution in [2.24, 2.45) is 5.92 Å². The van der Waals surface area contributed by atoms with Crippen LogP contribution >= 0.6 is 0 Å². The van der Waals surface area contributed by atoms with Crippen LogP contribution in [0, 0.1) is 31.1 Å².